The van der Waals surface area contributed by atoms with Crippen molar-refractivity contribution < 1.29 is 0 Å². The summed E-state index contributed by atoms with van der Waals surface area (Å²) in [6, 6.07) is 3.79. The minimum atomic E-state index is 0.524. The maximum absolute atomic E-state index is 5.75. The first-order valence-corrected chi connectivity index (χ1v) is 8.03. The summed E-state index contributed by atoms with van der Waals surface area (Å²) in [4.78, 5) is 8.24. The molecular weight excluding hydrogens is 292 g/mol. The van der Waals surface area contributed by atoms with Crippen LogP contribution in [-0.4, -0.2) is 42.6 Å². The van der Waals surface area contributed by atoms with Gasteiger partial charge in [-0.15, -0.1) is 6.58 Å². The van der Waals surface area contributed by atoms with E-state index in [1.54, 1.807) is 19.3 Å². The number of rotatable bonds is 8. The zero-order valence-corrected chi connectivity index (χ0v) is 13.3. The molecule has 1 rings (SSSR count). The van der Waals surface area contributed by atoms with Crippen LogP contribution in [0.1, 0.15) is 5.56 Å². The molecule has 1 heterocycles. The van der Waals surface area contributed by atoms with Gasteiger partial charge in [0.1, 0.15) is 5.15 Å². The van der Waals surface area contributed by atoms with Gasteiger partial charge in [-0.2, -0.15) is 11.8 Å². The highest BCUT2D eigenvalue weighted by Gasteiger charge is 1.98. The van der Waals surface area contributed by atoms with E-state index < -0.39 is 0 Å². The largest absolute Gasteiger partial charge is 0.356 e. The molecule has 0 aliphatic heterocycles. The molecule has 0 unspecified atom stereocenters. The fourth-order valence-electron chi connectivity index (χ4n) is 1.51. The highest BCUT2D eigenvalue weighted by molar-refractivity contribution is 7.99. The first-order valence-electron chi connectivity index (χ1n) is 6.50. The third kappa shape index (κ3) is 7.40. The van der Waals surface area contributed by atoms with E-state index in [-0.39, 0.29) is 0 Å². The fraction of sp³-hybridized carbons (Fsp3) is 0.429. The normalized spacial score (nSPS) is 11.2. The average Bonchev–Trinajstić information content (AvgIpc) is 2.47. The summed E-state index contributed by atoms with van der Waals surface area (Å²) in [5.74, 6) is 2.84. The molecule has 20 heavy (non-hydrogen) atoms. The van der Waals surface area contributed by atoms with Crippen LogP contribution in [0.5, 0.6) is 0 Å². The summed E-state index contributed by atoms with van der Waals surface area (Å²) >= 11 is 7.59. The number of nitrogens with zero attached hydrogens (tertiary/aromatic N) is 2. The molecule has 110 valence electrons. The molecule has 0 bridgehead atoms. The van der Waals surface area contributed by atoms with Crippen LogP contribution in [-0.2, 0) is 6.42 Å². The summed E-state index contributed by atoms with van der Waals surface area (Å²) < 4.78 is 0. The minimum absolute atomic E-state index is 0.524. The van der Waals surface area contributed by atoms with Gasteiger partial charge in [-0.1, -0.05) is 23.7 Å². The van der Waals surface area contributed by atoms with Crippen LogP contribution in [0.15, 0.2) is 36.0 Å². The second kappa shape index (κ2) is 10.6. The summed E-state index contributed by atoms with van der Waals surface area (Å²) in [6.07, 6.45) is 4.60. The van der Waals surface area contributed by atoms with E-state index in [0.717, 1.165) is 42.5 Å². The number of thioether (sulfide) groups is 1. The Bertz CT molecular complexity index is 420. The summed E-state index contributed by atoms with van der Waals surface area (Å²) in [5.41, 5.74) is 1.15. The standard InChI is InChI=1S/C14H21ClN4S/c1-3-9-20-10-8-18-14(16-2)17-7-6-12-4-5-13(15)19-11-12/h3-5,11H,1,6-10H2,2H3,(H2,16,17,18). The molecule has 0 aromatic carbocycles. The molecule has 4 nitrogen and oxygen atoms in total. The van der Waals surface area contributed by atoms with Crippen molar-refractivity contribution in [2.24, 2.45) is 4.99 Å². The van der Waals surface area contributed by atoms with Crippen molar-refractivity contribution in [1.29, 1.82) is 0 Å². The Kier molecular flexibility index (Phi) is 8.91. The molecule has 1 aromatic rings. The smallest absolute Gasteiger partial charge is 0.191 e. The Balaban J connectivity index is 2.18. The molecule has 0 spiro atoms. The van der Waals surface area contributed by atoms with Crippen molar-refractivity contribution in [2.45, 2.75) is 6.42 Å². The van der Waals surface area contributed by atoms with Crippen LogP contribution in [0.3, 0.4) is 0 Å². The van der Waals surface area contributed by atoms with Crippen LogP contribution < -0.4 is 10.6 Å². The van der Waals surface area contributed by atoms with Gasteiger partial charge in [0.25, 0.3) is 0 Å². The SMILES string of the molecule is C=CCSCCNC(=NC)NCCc1ccc(Cl)nc1. The molecule has 6 heteroatoms. The molecule has 0 aliphatic carbocycles. The Morgan fingerprint density at radius 3 is 2.90 bits per heavy atom. The summed E-state index contributed by atoms with van der Waals surface area (Å²) in [7, 11) is 1.77. The van der Waals surface area contributed by atoms with E-state index in [1.807, 2.05) is 23.9 Å². The molecule has 1 aromatic heterocycles. The summed E-state index contributed by atoms with van der Waals surface area (Å²) in [6.45, 7) is 5.39. The topological polar surface area (TPSA) is 49.3 Å². The molecule has 0 amide bonds. The van der Waals surface area contributed by atoms with Crippen molar-refractivity contribution in [1.82, 2.24) is 15.6 Å². The van der Waals surface area contributed by atoms with Crippen molar-refractivity contribution in [3.63, 3.8) is 0 Å². The highest BCUT2D eigenvalue weighted by atomic mass is 35.5. The van der Waals surface area contributed by atoms with Gasteiger partial charge in [-0.25, -0.2) is 4.98 Å². The highest BCUT2D eigenvalue weighted by Crippen LogP contribution is 2.05. The average molecular weight is 313 g/mol. The number of hydrogen-bond acceptors (Lipinski definition) is 3. The van der Waals surface area contributed by atoms with Crippen molar-refractivity contribution in [3.05, 3.63) is 41.7 Å². The van der Waals surface area contributed by atoms with Gasteiger partial charge in [-0.05, 0) is 18.1 Å². The van der Waals surface area contributed by atoms with Gasteiger partial charge in [0.05, 0.1) is 0 Å². The minimum Gasteiger partial charge on any atom is -0.356 e. The molecule has 0 atom stereocenters. The van der Waals surface area contributed by atoms with Crippen molar-refractivity contribution >= 4 is 29.3 Å². The fourth-order valence-corrected chi connectivity index (χ4v) is 2.20. The van der Waals surface area contributed by atoms with Gasteiger partial charge in [0.2, 0.25) is 0 Å². The van der Waals surface area contributed by atoms with E-state index in [2.05, 4.69) is 27.2 Å². The molecule has 0 fully saturated rings. The number of aromatic nitrogens is 1. The zero-order valence-electron chi connectivity index (χ0n) is 11.7. The Morgan fingerprint density at radius 1 is 1.45 bits per heavy atom. The van der Waals surface area contributed by atoms with Crippen LogP contribution >= 0.6 is 23.4 Å². The van der Waals surface area contributed by atoms with Crippen LogP contribution in [0.4, 0.5) is 0 Å². The zero-order chi connectivity index (χ0) is 14.6. The van der Waals surface area contributed by atoms with Gasteiger partial charge >= 0.3 is 0 Å². The number of halogens is 1. The monoisotopic (exact) mass is 312 g/mol. The van der Waals surface area contributed by atoms with Crippen LogP contribution in [0.25, 0.3) is 0 Å². The predicted molar refractivity (Wildman–Crippen MR) is 89.8 cm³/mol. The Hall–Kier alpha value is -1.20. The third-order valence-corrected chi connectivity index (χ3v) is 3.68. The lowest BCUT2D eigenvalue weighted by Gasteiger charge is -2.11. The number of nitrogens with one attached hydrogen (secondary N) is 2. The number of hydrogen-bond donors (Lipinski definition) is 2. The van der Waals surface area contributed by atoms with Crippen molar-refractivity contribution in [3.8, 4) is 0 Å². The molecular formula is C14H21ClN4S. The van der Waals surface area contributed by atoms with E-state index in [4.69, 9.17) is 11.6 Å². The Morgan fingerprint density at radius 2 is 2.25 bits per heavy atom. The molecule has 2 N–H and O–H groups in total. The molecule has 0 saturated carbocycles. The lowest BCUT2D eigenvalue weighted by molar-refractivity contribution is 0.810. The van der Waals surface area contributed by atoms with E-state index in [0.29, 0.717) is 5.15 Å². The van der Waals surface area contributed by atoms with Gasteiger partial charge in [0.15, 0.2) is 5.96 Å². The van der Waals surface area contributed by atoms with Crippen molar-refractivity contribution in [2.75, 3.05) is 31.6 Å². The van der Waals surface area contributed by atoms with E-state index in [9.17, 15) is 0 Å². The predicted octanol–water partition coefficient (Wildman–Crippen LogP) is 2.36. The van der Waals surface area contributed by atoms with E-state index >= 15 is 0 Å². The second-order valence-electron chi connectivity index (χ2n) is 4.03. The van der Waals surface area contributed by atoms with Crippen LogP contribution in [0.2, 0.25) is 5.15 Å². The number of guanidine groups is 1. The Labute approximate surface area is 130 Å². The first-order chi connectivity index (χ1) is 9.76. The van der Waals surface area contributed by atoms with Gasteiger partial charge in [0, 0.05) is 37.8 Å². The van der Waals surface area contributed by atoms with Gasteiger partial charge < -0.3 is 10.6 Å². The maximum Gasteiger partial charge on any atom is 0.191 e. The second-order valence-corrected chi connectivity index (χ2v) is 5.57. The maximum atomic E-state index is 5.75. The quantitative estimate of drug-likeness (QED) is 0.254. The van der Waals surface area contributed by atoms with Gasteiger partial charge in [-0.3, -0.25) is 4.99 Å². The molecule has 0 saturated heterocycles. The van der Waals surface area contributed by atoms with E-state index in [1.165, 1.54) is 0 Å². The van der Waals surface area contributed by atoms with Crippen LogP contribution in [0, 0.1) is 0 Å². The molecule has 0 aliphatic rings. The number of aliphatic imine (C=N–C) groups is 1. The lowest BCUT2D eigenvalue weighted by atomic mass is 10.2. The summed E-state index contributed by atoms with van der Waals surface area (Å²) in [5, 5.41) is 7.07. The molecule has 0 radical (unpaired) electrons. The number of pyridine rings is 1. The third-order valence-electron chi connectivity index (χ3n) is 2.49. The first kappa shape index (κ1) is 16.9. The lowest BCUT2D eigenvalue weighted by Crippen LogP contribution is -2.39.